The van der Waals surface area contributed by atoms with Gasteiger partial charge in [-0.2, -0.15) is 0 Å². The van der Waals surface area contributed by atoms with Gasteiger partial charge in [-0.05, 0) is 62.2 Å². The van der Waals surface area contributed by atoms with Crippen LogP contribution in [0.5, 0.6) is 17.2 Å². The van der Waals surface area contributed by atoms with Crippen molar-refractivity contribution in [1.82, 2.24) is 10.2 Å². The third-order valence-electron chi connectivity index (χ3n) is 5.25. The number of likely N-dealkylation sites (tertiary alicyclic amines) is 1. The molecule has 4 rings (SSSR count). The van der Waals surface area contributed by atoms with Gasteiger partial charge in [-0.3, -0.25) is 9.59 Å². The van der Waals surface area contributed by atoms with E-state index < -0.39 is 6.10 Å². The van der Waals surface area contributed by atoms with E-state index in [1.54, 1.807) is 54.3 Å². The molecule has 2 heterocycles. The molecule has 0 aliphatic carbocycles. The zero-order valence-corrected chi connectivity index (χ0v) is 17.4. The summed E-state index contributed by atoms with van der Waals surface area (Å²) in [6.45, 7) is 3.05. The Morgan fingerprint density at radius 2 is 1.80 bits per heavy atom. The molecular weight excluding hydrogens is 408 g/mol. The number of rotatable bonds is 5. The third-order valence-corrected chi connectivity index (χ3v) is 5.50. The molecule has 1 unspecified atom stereocenters. The maximum Gasteiger partial charge on any atom is 0.263 e. The number of fused-ring (bicyclic) bond motifs is 1. The molecule has 2 aliphatic rings. The summed E-state index contributed by atoms with van der Waals surface area (Å²) in [6, 6.07) is 12.1. The quantitative estimate of drug-likeness (QED) is 0.787. The first kappa shape index (κ1) is 20.3. The Bertz CT molecular complexity index is 926. The van der Waals surface area contributed by atoms with Crippen molar-refractivity contribution in [3.8, 4) is 17.2 Å². The van der Waals surface area contributed by atoms with Gasteiger partial charge in [-0.25, -0.2) is 0 Å². The van der Waals surface area contributed by atoms with E-state index in [0.717, 1.165) is 0 Å². The van der Waals surface area contributed by atoms with E-state index >= 15 is 0 Å². The zero-order valence-electron chi connectivity index (χ0n) is 16.6. The van der Waals surface area contributed by atoms with Crippen LogP contribution in [-0.4, -0.2) is 48.7 Å². The minimum atomic E-state index is -0.592. The van der Waals surface area contributed by atoms with Crippen molar-refractivity contribution >= 4 is 23.4 Å². The lowest BCUT2D eigenvalue weighted by Crippen LogP contribution is -2.49. The van der Waals surface area contributed by atoms with Gasteiger partial charge in [0.05, 0.1) is 0 Å². The summed E-state index contributed by atoms with van der Waals surface area (Å²) in [5.74, 6) is 1.61. The van der Waals surface area contributed by atoms with Gasteiger partial charge in [-0.15, -0.1) is 0 Å². The standard InChI is InChI=1S/C22H23ClN2O5/c1-14(30-18-5-3-16(23)4-6-18)22(27)25-10-8-17(9-11-25)24-21(26)15-2-7-19-20(12-15)29-13-28-19/h2-7,12,14,17H,8-11,13H2,1H3,(H,24,26). The predicted molar refractivity (Wildman–Crippen MR) is 111 cm³/mol. The molecule has 1 saturated heterocycles. The summed E-state index contributed by atoms with van der Waals surface area (Å²) < 4.78 is 16.3. The normalized spacial score (nSPS) is 16.8. The average molecular weight is 431 g/mol. The number of carbonyl (C=O) groups excluding carboxylic acids is 2. The molecule has 2 aromatic carbocycles. The molecule has 1 atom stereocenters. The van der Waals surface area contributed by atoms with E-state index in [4.69, 9.17) is 25.8 Å². The first-order valence-corrected chi connectivity index (χ1v) is 10.3. The van der Waals surface area contributed by atoms with Gasteiger partial charge in [0.1, 0.15) is 5.75 Å². The Morgan fingerprint density at radius 1 is 1.10 bits per heavy atom. The molecule has 158 valence electrons. The molecule has 7 nitrogen and oxygen atoms in total. The van der Waals surface area contributed by atoms with Crippen molar-refractivity contribution < 1.29 is 23.8 Å². The second kappa shape index (κ2) is 8.83. The maximum atomic E-state index is 12.7. The number of nitrogens with zero attached hydrogens (tertiary/aromatic N) is 1. The Balaban J connectivity index is 1.26. The number of carbonyl (C=O) groups is 2. The van der Waals surface area contributed by atoms with Crippen molar-refractivity contribution in [1.29, 1.82) is 0 Å². The van der Waals surface area contributed by atoms with Gasteiger partial charge in [0.15, 0.2) is 17.6 Å². The van der Waals surface area contributed by atoms with Gasteiger partial charge in [0.25, 0.3) is 11.8 Å². The van der Waals surface area contributed by atoms with Crippen molar-refractivity contribution in [3.05, 3.63) is 53.1 Å². The van der Waals surface area contributed by atoms with Crippen LogP contribution in [0.3, 0.4) is 0 Å². The van der Waals surface area contributed by atoms with Crippen LogP contribution in [-0.2, 0) is 4.79 Å². The second-order valence-electron chi connectivity index (χ2n) is 7.36. The van der Waals surface area contributed by atoms with Gasteiger partial charge < -0.3 is 24.4 Å². The van der Waals surface area contributed by atoms with Crippen LogP contribution in [0.15, 0.2) is 42.5 Å². The number of hydrogen-bond acceptors (Lipinski definition) is 5. The highest BCUT2D eigenvalue weighted by Gasteiger charge is 2.28. The van der Waals surface area contributed by atoms with Gasteiger partial charge in [0.2, 0.25) is 6.79 Å². The van der Waals surface area contributed by atoms with Gasteiger partial charge in [-0.1, -0.05) is 11.6 Å². The zero-order chi connectivity index (χ0) is 21.1. The first-order valence-electron chi connectivity index (χ1n) is 9.91. The predicted octanol–water partition coefficient (Wildman–Crippen LogP) is 3.26. The fourth-order valence-electron chi connectivity index (χ4n) is 3.58. The van der Waals surface area contributed by atoms with Crippen LogP contribution >= 0.6 is 11.6 Å². The van der Waals surface area contributed by atoms with Gasteiger partial charge in [0, 0.05) is 29.7 Å². The summed E-state index contributed by atoms with van der Waals surface area (Å²) >= 11 is 5.87. The van der Waals surface area contributed by atoms with Crippen LogP contribution in [0.25, 0.3) is 0 Å². The molecule has 2 amide bonds. The number of hydrogen-bond donors (Lipinski definition) is 1. The summed E-state index contributed by atoms with van der Waals surface area (Å²) in [5.41, 5.74) is 0.530. The maximum absolute atomic E-state index is 12.7. The Labute approximate surface area is 179 Å². The highest BCUT2D eigenvalue weighted by atomic mass is 35.5. The van der Waals surface area contributed by atoms with E-state index in [1.165, 1.54) is 0 Å². The second-order valence-corrected chi connectivity index (χ2v) is 7.79. The monoisotopic (exact) mass is 430 g/mol. The fourth-order valence-corrected chi connectivity index (χ4v) is 3.70. The highest BCUT2D eigenvalue weighted by Crippen LogP contribution is 2.32. The van der Waals surface area contributed by atoms with Crippen LogP contribution in [0.1, 0.15) is 30.1 Å². The third kappa shape index (κ3) is 4.62. The van der Waals surface area contributed by atoms with Crippen LogP contribution in [0.2, 0.25) is 5.02 Å². The molecule has 1 N–H and O–H groups in total. The molecule has 2 aliphatic heterocycles. The number of piperidine rings is 1. The largest absolute Gasteiger partial charge is 0.481 e. The molecule has 0 bridgehead atoms. The lowest BCUT2D eigenvalue weighted by molar-refractivity contribution is -0.139. The number of halogens is 1. The van der Waals surface area contributed by atoms with Crippen LogP contribution in [0, 0.1) is 0 Å². The lowest BCUT2D eigenvalue weighted by Gasteiger charge is -2.33. The number of ether oxygens (including phenoxy) is 3. The summed E-state index contributed by atoms with van der Waals surface area (Å²) in [5, 5.41) is 3.66. The molecule has 0 spiro atoms. The molecule has 0 radical (unpaired) electrons. The highest BCUT2D eigenvalue weighted by molar-refractivity contribution is 6.30. The molecule has 30 heavy (non-hydrogen) atoms. The average Bonchev–Trinajstić information content (AvgIpc) is 3.23. The summed E-state index contributed by atoms with van der Waals surface area (Å²) in [7, 11) is 0. The van der Waals surface area contributed by atoms with Crippen molar-refractivity contribution in [3.63, 3.8) is 0 Å². The number of benzene rings is 2. The Hall–Kier alpha value is -2.93. The van der Waals surface area contributed by atoms with E-state index in [0.29, 0.717) is 53.8 Å². The number of amides is 2. The topological polar surface area (TPSA) is 77.1 Å². The molecule has 0 aromatic heterocycles. The Morgan fingerprint density at radius 3 is 2.53 bits per heavy atom. The van der Waals surface area contributed by atoms with Gasteiger partial charge >= 0.3 is 0 Å². The Kier molecular flexibility index (Phi) is 5.99. The smallest absolute Gasteiger partial charge is 0.263 e. The summed E-state index contributed by atoms with van der Waals surface area (Å²) in [4.78, 5) is 27.0. The minimum absolute atomic E-state index is 0.0134. The van der Waals surface area contributed by atoms with Crippen molar-refractivity contribution in [2.24, 2.45) is 0 Å². The lowest BCUT2D eigenvalue weighted by atomic mass is 10.0. The van der Waals surface area contributed by atoms with E-state index in [2.05, 4.69) is 5.32 Å². The SMILES string of the molecule is CC(Oc1ccc(Cl)cc1)C(=O)N1CCC(NC(=O)c2ccc3c(c2)OCO3)CC1. The van der Waals surface area contributed by atoms with Crippen LogP contribution < -0.4 is 19.5 Å². The van der Waals surface area contributed by atoms with Crippen molar-refractivity contribution in [2.75, 3.05) is 19.9 Å². The first-order chi connectivity index (χ1) is 14.5. The molecular formula is C22H23ClN2O5. The molecule has 1 fully saturated rings. The molecule has 8 heteroatoms. The summed E-state index contributed by atoms with van der Waals surface area (Å²) in [6.07, 6.45) is 0.789. The molecule has 2 aromatic rings. The minimum Gasteiger partial charge on any atom is -0.481 e. The van der Waals surface area contributed by atoms with Crippen LogP contribution in [0.4, 0.5) is 0 Å². The van der Waals surface area contributed by atoms with E-state index in [9.17, 15) is 9.59 Å². The van der Waals surface area contributed by atoms with E-state index in [1.807, 2.05) is 0 Å². The fraction of sp³-hybridized carbons (Fsp3) is 0.364. The van der Waals surface area contributed by atoms with Crippen molar-refractivity contribution in [2.45, 2.75) is 31.9 Å². The number of nitrogens with one attached hydrogen (secondary N) is 1. The molecule has 0 saturated carbocycles. The van der Waals surface area contributed by atoms with E-state index in [-0.39, 0.29) is 24.6 Å².